The van der Waals surface area contributed by atoms with Crippen LogP contribution in [-0.2, 0) is 4.79 Å². The standard InChI is InChI=1S/C20H31N5O.HI/c1-2-21-20(23-17-8-6-7-9-17)22-16-19(26)25-14-12-24(13-15-25)18-10-4-3-5-11-18;/h3-5,10-11,17H,2,6-9,12-16H2,1H3,(H2,21,22,23);1H. The molecule has 1 aliphatic carbocycles. The molecule has 1 aromatic carbocycles. The molecule has 2 N–H and O–H groups in total. The van der Waals surface area contributed by atoms with Gasteiger partial charge in [-0.05, 0) is 31.9 Å². The minimum atomic E-state index is 0. The molecule has 3 rings (SSSR count). The maximum Gasteiger partial charge on any atom is 0.244 e. The highest BCUT2D eigenvalue weighted by Crippen LogP contribution is 2.17. The Bertz CT molecular complexity index is 596. The van der Waals surface area contributed by atoms with E-state index in [-0.39, 0.29) is 36.4 Å². The Morgan fingerprint density at radius 2 is 1.78 bits per heavy atom. The zero-order chi connectivity index (χ0) is 18.2. The predicted molar refractivity (Wildman–Crippen MR) is 122 cm³/mol. The van der Waals surface area contributed by atoms with Gasteiger partial charge in [0.25, 0.3) is 0 Å². The molecular weight excluding hydrogens is 453 g/mol. The van der Waals surface area contributed by atoms with Gasteiger partial charge in [0.15, 0.2) is 5.96 Å². The third-order valence-electron chi connectivity index (χ3n) is 5.17. The van der Waals surface area contributed by atoms with E-state index in [1.54, 1.807) is 0 Å². The number of hydrogen-bond donors (Lipinski definition) is 2. The molecule has 0 spiro atoms. The fourth-order valence-corrected chi connectivity index (χ4v) is 3.68. The number of piperazine rings is 1. The van der Waals surface area contributed by atoms with Gasteiger partial charge in [-0.2, -0.15) is 0 Å². The third kappa shape index (κ3) is 6.55. The van der Waals surface area contributed by atoms with Gasteiger partial charge in [0, 0.05) is 44.5 Å². The molecule has 0 aromatic heterocycles. The average Bonchev–Trinajstić information content (AvgIpc) is 3.20. The van der Waals surface area contributed by atoms with Crippen LogP contribution in [0.15, 0.2) is 35.3 Å². The van der Waals surface area contributed by atoms with E-state index in [4.69, 9.17) is 0 Å². The summed E-state index contributed by atoms with van der Waals surface area (Å²) in [6.45, 7) is 6.34. The maximum atomic E-state index is 12.5. The fraction of sp³-hybridized carbons (Fsp3) is 0.600. The molecule has 0 radical (unpaired) electrons. The van der Waals surface area contributed by atoms with Crippen LogP contribution in [0.2, 0.25) is 0 Å². The highest BCUT2D eigenvalue weighted by atomic mass is 127. The van der Waals surface area contributed by atoms with Gasteiger partial charge in [0.05, 0.1) is 0 Å². The molecule has 7 heteroatoms. The van der Waals surface area contributed by atoms with Crippen LogP contribution >= 0.6 is 24.0 Å². The Labute approximate surface area is 179 Å². The number of hydrogen-bond acceptors (Lipinski definition) is 3. The maximum absolute atomic E-state index is 12.5. The molecule has 27 heavy (non-hydrogen) atoms. The van der Waals surface area contributed by atoms with Crippen molar-refractivity contribution >= 4 is 41.5 Å². The molecule has 150 valence electrons. The minimum absolute atomic E-state index is 0. The summed E-state index contributed by atoms with van der Waals surface area (Å²) in [5, 5.41) is 6.72. The van der Waals surface area contributed by atoms with Gasteiger partial charge in [-0.15, -0.1) is 24.0 Å². The highest BCUT2D eigenvalue weighted by Gasteiger charge is 2.21. The van der Waals surface area contributed by atoms with E-state index in [1.165, 1.54) is 31.4 Å². The van der Waals surface area contributed by atoms with Crippen LogP contribution < -0.4 is 15.5 Å². The van der Waals surface area contributed by atoms with Crippen molar-refractivity contribution in [1.82, 2.24) is 15.5 Å². The Morgan fingerprint density at radius 1 is 1.11 bits per heavy atom. The van der Waals surface area contributed by atoms with Crippen molar-refractivity contribution < 1.29 is 4.79 Å². The van der Waals surface area contributed by atoms with E-state index in [0.717, 1.165) is 38.7 Å². The molecule has 1 saturated carbocycles. The van der Waals surface area contributed by atoms with Crippen LogP contribution in [0.5, 0.6) is 0 Å². The molecule has 2 aliphatic rings. The van der Waals surface area contributed by atoms with Crippen LogP contribution in [0.1, 0.15) is 32.6 Å². The summed E-state index contributed by atoms with van der Waals surface area (Å²) >= 11 is 0. The number of para-hydroxylation sites is 1. The number of benzene rings is 1. The van der Waals surface area contributed by atoms with Crippen LogP contribution in [0.3, 0.4) is 0 Å². The summed E-state index contributed by atoms with van der Waals surface area (Å²) in [4.78, 5) is 21.3. The SMILES string of the molecule is CCNC(=NCC(=O)N1CCN(c2ccccc2)CC1)NC1CCCC1.I. The van der Waals surface area contributed by atoms with Crippen molar-refractivity contribution in [2.75, 3.05) is 44.2 Å². The number of carbonyl (C=O) groups is 1. The normalized spacial score (nSPS) is 18.2. The molecule has 1 saturated heterocycles. The van der Waals surface area contributed by atoms with E-state index < -0.39 is 0 Å². The first-order valence-corrected chi connectivity index (χ1v) is 9.89. The van der Waals surface area contributed by atoms with Crippen LogP contribution in [0.4, 0.5) is 5.69 Å². The van der Waals surface area contributed by atoms with Gasteiger partial charge in [0.2, 0.25) is 5.91 Å². The Morgan fingerprint density at radius 3 is 2.41 bits per heavy atom. The van der Waals surface area contributed by atoms with Crippen molar-refractivity contribution in [1.29, 1.82) is 0 Å². The number of nitrogens with one attached hydrogen (secondary N) is 2. The molecule has 2 fully saturated rings. The van der Waals surface area contributed by atoms with Gasteiger partial charge < -0.3 is 20.4 Å². The van der Waals surface area contributed by atoms with Crippen molar-refractivity contribution in [3.63, 3.8) is 0 Å². The van der Waals surface area contributed by atoms with Gasteiger partial charge in [-0.1, -0.05) is 31.0 Å². The van der Waals surface area contributed by atoms with Crippen molar-refractivity contribution in [3.05, 3.63) is 30.3 Å². The molecule has 1 amide bonds. The van der Waals surface area contributed by atoms with E-state index in [2.05, 4.69) is 51.7 Å². The average molecular weight is 485 g/mol. The fourth-order valence-electron chi connectivity index (χ4n) is 3.68. The Hall–Kier alpha value is -1.51. The molecule has 0 bridgehead atoms. The van der Waals surface area contributed by atoms with Crippen LogP contribution in [0.25, 0.3) is 0 Å². The van der Waals surface area contributed by atoms with Gasteiger partial charge >= 0.3 is 0 Å². The summed E-state index contributed by atoms with van der Waals surface area (Å²) in [7, 11) is 0. The zero-order valence-corrected chi connectivity index (χ0v) is 18.5. The highest BCUT2D eigenvalue weighted by molar-refractivity contribution is 14.0. The second kappa shape index (κ2) is 11.4. The number of nitrogens with zero attached hydrogens (tertiary/aromatic N) is 3. The van der Waals surface area contributed by atoms with Crippen molar-refractivity contribution in [2.45, 2.75) is 38.6 Å². The molecule has 1 heterocycles. The van der Waals surface area contributed by atoms with Gasteiger partial charge in [-0.3, -0.25) is 4.79 Å². The molecule has 1 aliphatic heterocycles. The first-order valence-electron chi connectivity index (χ1n) is 9.89. The van der Waals surface area contributed by atoms with Gasteiger partial charge in [-0.25, -0.2) is 4.99 Å². The molecule has 0 unspecified atom stereocenters. The smallest absolute Gasteiger partial charge is 0.244 e. The topological polar surface area (TPSA) is 60.0 Å². The van der Waals surface area contributed by atoms with Crippen LogP contribution in [0, 0.1) is 0 Å². The lowest BCUT2D eigenvalue weighted by molar-refractivity contribution is -0.129. The van der Waals surface area contributed by atoms with Crippen LogP contribution in [-0.4, -0.2) is 62.1 Å². The summed E-state index contributed by atoms with van der Waals surface area (Å²) in [5.74, 6) is 0.886. The van der Waals surface area contributed by atoms with Gasteiger partial charge in [0.1, 0.15) is 6.54 Å². The lowest BCUT2D eigenvalue weighted by Crippen LogP contribution is -2.50. The second-order valence-corrected chi connectivity index (χ2v) is 7.02. The molecule has 1 aromatic rings. The van der Waals surface area contributed by atoms with E-state index in [9.17, 15) is 4.79 Å². The number of rotatable bonds is 5. The summed E-state index contributed by atoms with van der Waals surface area (Å²) in [5.41, 5.74) is 1.23. The Kier molecular flexibility index (Phi) is 9.17. The number of aliphatic imine (C=N–C) groups is 1. The Balaban J connectivity index is 0.00000261. The molecular formula is C20H32IN5O. The monoisotopic (exact) mass is 485 g/mol. The number of carbonyl (C=O) groups excluding carboxylic acids is 1. The lowest BCUT2D eigenvalue weighted by Gasteiger charge is -2.36. The number of anilines is 1. The van der Waals surface area contributed by atoms with E-state index in [1.807, 2.05) is 11.0 Å². The first kappa shape index (κ1) is 21.8. The quantitative estimate of drug-likeness (QED) is 0.382. The number of guanidine groups is 1. The molecule has 6 nitrogen and oxygen atoms in total. The zero-order valence-electron chi connectivity index (χ0n) is 16.2. The number of halogens is 1. The third-order valence-corrected chi connectivity index (χ3v) is 5.17. The predicted octanol–water partition coefficient (Wildman–Crippen LogP) is 2.45. The minimum Gasteiger partial charge on any atom is -0.368 e. The van der Waals surface area contributed by atoms with Crippen molar-refractivity contribution in [3.8, 4) is 0 Å². The summed E-state index contributed by atoms with van der Waals surface area (Å²) in [6, 6.07) is 10.9. The molecule has 0 atom stereocenters. The largest absolute Gasteiger partial charge is 0.368 e. The van der Waals surface area contributed by atoms with Crippen molar-refractivity contribution in [2.24, 2.45) is 4.99 Å². The lowest BCUT2D eigenvalue weighted by atomic mass is 10.2. The van der Waals surface area contributed by atoms with E-state index >= 15 is 0 Å². The second-order valence-electron chi connectivity index (χ2n) is 7.02. The first-order chi connectivity index (χ1) is 12.8. The van der Waals surface area contributed by atoms with E-state index in [0.29, 0.717) is 6.04 Å². The summed E-state index contributed by atoms with van der Waals surface area (Å²) in [6.07, 6.45) is 4.95. The number of amides is 1. The summed E-state index contributed by atoms with van der Waals surface area (Å²) < 4.78 is 0.